The molecule has 1 saturated heterocycles. The molecule has 1 heterocycles. The molecule has 9 heteroatoms. The molecular weight excluding hydrogens is 431 g/mol. The van der Waals surface area contributed by atoms with Crippen molar-refractivity contribution in [1.82, 2.24) is 5.32 Å². The fourth-order valence-electron chi connectivity index (χ4n) is 2.97. The largest absolute Gasteiger partial charge is 0.452 e. The predicted molar refractivity (Wildman–Crippen MR) is 111 cm³/mol. The van der Waals surface area contributed by atoms with Gasteiger partial charge < -0.3 is 10.1 Å². The van der Waals surface area contributed by atoms with Crippen molar-refractivity contribution < 1.29 is 23.9 Å². The van der Waals surface area contributed by atoms with Gasteiger partial charge in [0.05, 0.1) is 27.3 Å². The summed E-state index contributed by atoms with van der Waals surface area (Å²) in [6, 6.07) is 10.5. The Morgan fingerprint density at radius 1 is 1.03 bits per heavy atom. The number of ether oxygens (including phenoxy) is 1. The van der Waals surface area contributed by atoms with Crippen molar-refractivity contribution in [3.63, 3.8) is 0 Å². The highest BCUT2D eigenvalue weighted by atomic mass is 35.5. The lowest BCUT2D eigenvalue weighted by Gasteiger charge is -2.15. The zero-order valence-corrected chi connectivity index (χ0v) is 17.5. The Morgan fingerprint density at radius 3 is 2.27 bits per heavy atom. The fourth-order valence-corrected chi connectivity index (χ4v) is 3.28. The molecule has 2 aromatic carbocycles. The molecule has 0 aromatic heterocycles. The van der Waals surface area contributed by atoms with E-state index in [1.807, 2.05) is 0 Å². The van der Waals surface area contributed by atoms with Crippen LogP contribution in [0.1, 0.15) is 41.7 Å². The van der Waals surface area contributed by atoms with Crippen molar-refractivity contribution in [2.45, 2.75) is 25.8 Å². The first-order chi connectivity index (χ1) is 14.3. The van der Waals surface area contributed by atoms with E-state index in [1.54, 1.807) is 25.1 Å². The number of esters is 1. The number of nitrogens with zero attached hydrogens (tertiary/aromatic N) is 1. The van der Waals surface area contributed by atoms with Gasteiger partial charge in [-0.3, -0.25) is 19.3 Å². The molecule has 156 valence electrons. The van der Waals surface area contributed by atoms with Crippen LogP contribution >= 0.6 is 23.2 Å². The summed E-state index contributed by atoms with van der Waals surface area (Å²) in [4.78, 5) is 48.9. The Balaban J connectivity index is 1.53. The van der Waals surface area contributed by atoms with Crippen LogP contribution in [0.4, 0.5) is 5.69 Å². The fraction of sp³-hybridized carbons (Fsp3) is 0.238. The Bertz CT molecular complexity index is 991. The Hall–Kier alpha value is -2.90. The third-order valence-corrected chi connectivity index (χ3v) is 5.31. The van der Waals surface area contributed by atoms with E-state index >= 15 is 0 Å². The molecule has 0 spiro atoms. The SMILES string of the molecule is CC(NC(=O)COC(=O)c1ccc(N2C(=O)CCC2=O)cc1)c1ccc(Cl)c(Cl)c1. The van der Waals surface area contributed by atoms with Crippen molar-refractivity contribution in [3.8, 4) is 0 Å². The lowest BCUT2D eigenvalue weighted by atomic mass is 10.1. The van der Waals surface area contributed by atoms with Crippen molar-refractivity contribution in [2.24, 2.45) is 0 Å². The van der Waals surface area contributed by atoms with E-state index in [0.717, 1.165) is 10.5 Å². The molecule has 0 aliphatic carbocycles. The summed E-state index contributed by atoms with van der Waals surface area (Å²) in [6.45, 7) is 1.30. The molecule has 1 aliphatic heterocycles. The summed E-state index contributed by atoms with van der Waals surface area (Å²) in [6.07, 6.45) is 0.358. The van der Waals surface area contributed by atoms with Crippen LogP contribution in [-0.2, 0) is 19.1 Å². The third kappa shape index (κ3) is 4.98. The van der Waals surface area contributed by atoms with E-state index < -0.39 is 18.5 Å². The van der Waals surface area contributed by atoms with Crippen LogP contribution in [0.2, 0.25) is 10.0 Å². The minimum Gasteiger partial charge on any atom is -0.452 e. The predicted octanol–water partition coefficient (Wildman–Crippen LogP) is 3.68. The van der Waals surface area contributed by atoms with Crippen LogP contribution in [0.3, 0.4) is 0 Å². The number of halogens is 2. The second-order valence-corrected chi connectivity index (χ2v) is 7.52. The van der Waals surface area contributed by atoms with Gasteiger partial charge in [-0.25, -0.2) is 4.79 Å². The normalized spacial score (nSPS) is 14.6. The van der Waals surface area contributed by atoms with Gasteiger partial charge in [-0.2, -0.15) is 0 Å². The van der Waals surface area contributed by atoms with Gasteiger partial charge in [-0.05, 0) is 48.9 Å². The second-order valence-electron chi connectivity index (χ2n) is 6.71. The summed E-state index contributed by atoms with van der Waals surface area (Å²) >= 11 is 11.9. The van der Waals surface area contributed by atoms with Gasteiger partial charge in [0.25, 0.3) is 5.91 Å². The molecular formula is C21H18Cl2N2O5. The van der Waals surface area contributed by atoms with Crippen LogP contribution in [0.5, 0.6) is 0 Å². The van der Waals surface area contributed by atoms with Crippen LogP contribution < -0.4 is 10.2 Å². The van der Waals surface area contributed by atoms with Crippen LogP contribution in [0, 0.1) is 0 Å². The summed E-state index contributed by atoms with van der Waals surface area (Å²) in [7, 11) is 0. The Kier molecular flexibility index (Phi) is 6.74. The topological polar surface area (TPSA) is 92.8 Å². The minimum atomic E-state index is -0.696. The van der Waals surface area contributed by atoms with E-state index in [0.29, 0.717) is 15.7 Å². The smallest absolute Gasteiger partial charge is 0.338 e. The molecule has 0 saturated carbocycles. The number of benzene rings is 2. The van der Waals surface area contributed by atoms with Crippen molar-refractivity contribution in [2.75, 3.05) is 11.5 Å². The molecule has 1 atom stereocenters. The van der Waals surface area contributed by atoms with Gasteiger partial charge in [0.15, 0.2) is 6.61 Å². The molecule has 3 rings (SSSR count). The monoisotopic (exact) mass is 448 g/mol. The maximum absolute atomic E-state index is 12.2. The van der Waals surface area contributed by atoms with E-state index in [9.17, 15) is 19.2 Å². The average Bonchev–Trinajstić information content (AvgIpc) is 3.06. The molecule has 2 aromatic rings. The first-order valence-electron chi connectivity index (χ1n) is 9.13. The van der Waals surface area contributed by atoms with Crippen LogP contribution in [-0.4, -0.2) is 30.3 Å². The van der Waals surface area contributed by atoms with Crippen molar-refractivity contribution in [1.29, 1.82) is 0 Å². The molecule has 1 fully saturated rings. The molecule has 7 nitrogen and oxygen atoms in total. The Morgan fingerprint density at radius 2 is 1.67 bits per heavy atom. The number of nitrogens with one attached hydrogen (secondary N) is 1. The molecule has 1 N–H and O–H groups in total. The maximum Gasteiger partial charge on any atom is 0.338 e. The number of imide groups is 1. The average molecular weight is 449 g/mol. The molecule has 1 unspecified atom stereocenters. The molecule has 0 bridgehead atoms. The van der Waals surface area contributed by atoms with Crippen LogP contribution in [0.15, 0.2) is 42.5 Å². The first kappa shape index (κ1) is 21.8. The van der Waals surface area contributed by atoms with E-state index in [-0.39, 0.29) is 36.3 Å². The van der Waals surface area contributed by atoms with Gasteiger partial charge >= 0.3 is 5.97 Å². The highest BCUT2D eigenvalue weighted by molar-refractivity contribution is 6.42. The highest BCUT2D eigenvalue weighted by Crippen LogP contribution is 2.25. The zero-order valence-electron chi connectivity index (χ0n) is 16.0. The van der Waals surface area contributed by atoms with Crippen molar-refractivity contribution in [3.05, 3.63) is 63.6 Å². The van der Waals surface area contributed by atoms with Crippen molar-refractivity contribution >= 4 is 52.6 Å². The molecule has 30 heavy (non-hydrogen) atoms. The molecule has 3 amide bonds. The lowest BCUT2D eigenvalue weighted by molar-refractivity contribution is -0.125. The number of anilines is 1. The number of carbonyl (C=O) groups is 4. The van der Waals surface area contributed by atoms with Crippen LogP contribution in [0.25, 0.3) is 0 Å². The number of rotatable bonds is 6. The maximum atomic E-state index is 12.2. The van der Waals surface area contributed by atoms with E-state index in [4.69, 9.17) is 27.9 Å². The van der Waals surface area contributed by atoms with Gasteiger partial charge in [-0.1, -0.05) is 29.3 Å². The molecule has 0 radical (unpaired) electrons. The second kappa shape index (κ2) is 9.28. The summed E-state index contributed by atoms with van der Waals surface area (Å²) < 4.78 is 5.03. The van der Waals surface area contributed by atoms with E-state index in [2.05, 4.69) is 5.32 Å². The lowest BCUT2D eigenvalue weighted by Crippen LogP contribution is -2.31. The zero-order chi connectivity index (χ0) is 21.8. The van der Waals surface area contributed by atoms with E-state index in [1.165, 1.54) is 24.3 Å². The summed E-state index contributed by atoms with van der Waals surface area (Å²) in [5.41, 5.74) is 1.35. The number of hydrogen-bond donors (Lipinski definition) is 1. The number of carbonyl (C=O) groups excluding carboxylic acids is 4. The quantitative estimate of drug-likeness (QED) is 0.537. The number of amides is 3. The highest BCUT2D eigenvalue weighted by Gasteiger charge is 2.30. The minimum absolute atomic E-state index is 0.179. The standard InChI is InChI=1S/C21H18Cl2N2O5/c1-12(14-4-7-16(22)17(23)10-14)24-18(26)11-30-21(29)13-2-5-15(6-3-13)25-19(27)8-9-20(25)28/h2-7,10,12H,8-9,11H2,1H3,(H,24,26). The number of hydrogen-bond acceptors (Lipinski definition) is 5. The third-order valence-electron chi connectivity index (χ3n) is 4.57. The van der Waals surface area contributed by atoms with Gasteiger partial charge in [0, 0.05) is 12.8 Å². The first-order valence-corrected chi connectivity index (χ1v) is 9.89. The van der Waals surface area contributed by atoms with Gasteiger partial charge in [0.1, 0.15) is 0 Å². The summed E-state index contributed by atoms with van der Waals surface area (Å²) in [5.74, 6) is -1.73. The Labute approximate surface area is 182 Å². The van der Waals surface area contributed by atoms with Gasteiger partial charge in [0.2, 0.25) is 11.8 Å². The van der Waals surface area contributed by atoms with Gasteiger partial charge in [-0.15, -0.1) is 0 Å². The summed E-state index contributed by atoms with van der Waals surface area (Å²) in [5, 5.41) is 3.50. The molecule has 1 aliphatic rings.